The Morgan fingerprint density at radius 1 is 1.40 bits per heavy atom. The van der Waals surface area contributed by atoms with E-state index in [-0.39, 0.29) is 17.8 Å². The van der Waals surface area contributed by atoms with E-state index in [1.807, 2.05) is 45.9 Å². The van der Waals surface area contributed by atoms with Crippen LogP contribution in [0.15, 0.2) is 23.4 Å². The highest BCUT2D eigenvalue weighted by Gasteiger charge is 2.20. The van der Waals surface area contributed by atoms with Crippen LogP contribution < -0.4 is 5.73 Å². The van der Waals surface area contributed by atoms with Gasteiger partial charge in [-0.25, -0.2) is 0 Å². The molecule has 0 radical (unpaired) electrons. The lowest BCUT2D eigenvalue weighted by molar-refractivity contribution is 0.0710. The molecule has 0 aliphatic carbocycles. The molecule has 1 rings (SSSR count). The van der Waals surface area contributed by atoms with Gasteiger partial charge in [0.2, 0.25) is 0 Å². The van der Waals surface area contributed by atoms with Gasteiger partial charge in [0.25, 0.3) is 5.91 Å². The summed E-state index contributed by atoms with van der Waals surface area (Å²) in [7, 11) is 0. The molecule has 0 atom stereocenters. The summed E-state index contributed by atoms with van der Waals surface area (Å²) in [5.41, 5.74) is 8.19. The second-order valence-electron chi connectivity index (χ2n) is 5.25. The Bertz CT molecular complexity index is 510. The molecule has 0 spiro atoms. The quantitative estimate of drug-likeness (QED) is 0.375. The summed E-state index contributed by atoms with van der Waals surface area (Å²) in [6.45, 7) is 8.23. The maximum atomic E-state index is 12.6. The van der Waals surface area contributed by atoms with E-state index in [9.17, 15) is 4.79 Å². The number of nitrogens with two attached hydrogens (primary N) is 1. The monoisotopic (exact) mass is 277 g/mol. The molecule has 3 N–H and O–H groups in total. The minimum absolute atomic E-state index is 0.0214. The van der Waals surface area contributed by atoms with Crippen LogP contribution in [0.3, 0.4) is 0 Å². The van der Waals surface area contributed by atoms with Crippen molar-refractivity contribution in [2.24, 2.45) is 10.9 Å². The summed E-state index contributed by atoms with van der Waals surface area (Å²) >= 11 is 0. The number of amides is 1. The number of rotatable bonds is 5. The van der Waals surface area contributed by atoms with Crippen LogP contribution in [0, 0.1) is 13.8 Å². The molecule has 110 valence electrons. The zero-order chi connectivity index (χ0) is 15.3. The average Bonchev–Trinajstić information content (AvgIpc) is 2.40. The van der Waals surface area contributed by atoms with Crippen LogP contribution in [-0.2, 0) is 0 Å². The third kappa shape index (κ3) is 3.98. The van der Waals surface area contributed by atoms with Gasteiger partial charge in [-0.05, 0) is 39.3 Å². The van der Waals surface area contributed by atoms with Crippen molar-refractivity contribution >= 4 is 11.7 Å². The standard InChI is InChI=1S/C15H23N3O2/c1-10(2)18(8-7-14(16)17-20)15(19)13-9-11(3)5-6-12(13)4/h5-6,9-10,20H,7-8H2,1-4H3,(H2,16,17). The first-order chi connectivity index (χ1) is 9.36. The third-order valence-corrected chi connectivity index (χ3v) is 3.24. The molecule has 5 nitrogen and oxygen atoms in total. The van der Waals surface area contributed by atoms with Crippen molar-refractivity contribution in [3.8, 4) is 0 Å². The van der Waals surface area contributed by atoms with Gasteiger partial charge in [0, 0.05) is 24.6 Å². The normalized spacial score (nSPS) is 11.8. The third-order valence-electron chi connectivity index (χ3n) is 3.24. The Morgan fingerprint density at radius 3 is 2.60 bits per heavy atom. The van der Waals surface area contributed by atoms with Crippen LogP contribution in [0.2, 0.25) is 0 Å². The smallest absolute Gasteiger partial charge is 0.254 e. The molecule has 0 heterocycles. The van der Waals surface area contributed by atoms with Gasteiger partial charge in [0.1, 0.15) is 5.84 Å². The van der Waals surface area contributed by atoms with Crippen molar-refractivity contribution in [2.45, 2.75) is 40.2 Å². The number of aryl methyl sites for hydroxylation is 2. The maximum Gasteiger partial charge on any atom is 0.254 e. The highest BCUT2D eigenvalue weighted by atomic mass is 16.4. The second kappa shape index (κ2) is 6.93. The van der Waals surface area contributed by atoms with Gasteiger partial charge in [-0.1, -0.05) is 22.9 Å². The van der Waals surface area contributed by atoms with Crippen LogP contribution in [0.25, 0.3) is 0 Å². The van der Waals surface area contributed by atoms with Crippen LogP contribution in [0.5, 0.6) is 0 Å². The van der Waals surface area contributed by atoms with Crippen molar-refractivity contribution < 1.29 is 10.0 Å². The van der Waals surface area contributed by atoms with Crippen molar-refractivity contribution in [1.29, 1.82) is 0 Å². The summed E-state index contributed by atoms with van der Waals surface area (Å²) in [6, 6.07) is 5.89. The predicted octanol–water partition coefficient (Wildman–Crippen LogP) is 2.29. The maximum absolute atomic E-state index is 12.6. The van der Waals surface area contributed by atoms with Crippen LogP contribution in [0.4, 0.5) is 0 Å². The lowest BCUT2D eigenvalue weighted by atomic mass is 10.0. The number of hydrogen-bond donors (Lipinski definition) is 2. The van der Waals surface area contributed by atoms with E-state index in [1.165, 1.54) is 0 Å². The van der Waals surface area contributed by atoms with Crippen molar-refractivity contribution in [1.82, 2.24) is 4.90 Å². The van der Waals surface area contributed by atoms with Crippen molar-refractivity contribution in [2.75, 3.05) is 6.54 Å². The average molecular weight is 277 g/mol. The molecule has 0 aliphatic rings. The first kappa shape index (κ1) is 16.0. The molecule has 1 aromatic carbocycles. The highest BCUT2D eigenvalue weighted by Crippen LogP contribution is 2.15. The summed E-state index contributed by atoms with van der Waals surface area (Å²) in [6.07, 6.45) is 0.352. The number of nitrogens with zero attached hydrogens (tertiary/aromatic N) is 2. The topological polar surface area (TPSA) is 78.9 Å². The lowest BCUT2D eigenvalue weighted by Gasteiger charge is -2.27. The van der Waals surface area contributed by atoms with E-state index < -0.39 is 0 Å². The molecular formula is C15H23N3O2. The first-order valence-corrected chi connectivity index (χ1v) is 6.71. The number of carbonyl (C=O) groups excluding carboxylic acids is 1. The predicted molar refractivity (Wildman–Crippen MR) is 80.1 cm³/mol. The minimum atomic E-state index is -0.0214. The number of benzene rings is 1. The molecule has 20 heavy (non-hydrogen) atoms. The van der Waals surface area contributed by atoms with Gasteiger partial charge < -0.3 is 15.8 Å². The molecule has 0 aromatic heterocycles. The lowest BCUT2D eigenvalue weighted by Crippen LogP contribution is -2.39. The number of amidine groups is 1. The summed E-state index contributed by atoms with van der Waals surface area (Å²) in [5.74, 6) is 0.108. The largest absolute Gasteiger partial charge is 0.409 e. The van der Waals surface area contributed by atoms with Crippen molar-refractivity contribution in [3.63, 3.8) is 0 Å². The zero-order valence-electron chi connectivity index (χ0n) is 12.6. The molecule has 1 aromatic rings. The fraction of sp³-hybridized carbons (Fsp3) is 0.467. The Labute approximate surface area is 120 Å². The minimum Gasteiger partial charge on any atom is -0.409 e. The van der Waals surface area contributed by atoms with E-state index >= 15 is 0 Å². The van der Waals surface area contributed by atoms with Crippen molar-refractivity contribution in [3.05, 3.63) is 34.9 Å². The number of hydrogen-bond acceptors (Lipinski definition) is 3. The Hall–Kier alpha value is -2.04. The van der Waals surface area contributed by atoms with E-state index in [0.29, 0.717) is 18.5 Å². The van der Waals surface area contributed by atoms with E-state index in [0.717, 1.165) is 11.1 Å². The van der Waals surface area contributed by atoms with Gasteiger partial charge in [-0.2, -0.15) is 0 Å². The number of oxime groups is 1. The van der Waals surface area contributed by atoms with Gasteiger partial charge in [0.15, 0.2) is 0 Å². The number of carbonyl (C=O) groups is 1. The summed E-state index contributed by atoms with van der Waals surface area (Å²) in [4.78, 5) is 14.4. The molecule has 0 unspecified atom stereocenters. The van der Waals surface area contributed by atoms with E-state index in [1.54, 1.807) is 4.90 Å². The second-order valence-corrected chi connectivity index (χ2v) is 5.25. The van der Waals surface area contributed by atoms with Gasteiger partial charge in [0.05, 0.1) is 0 Å². The van der Waals surface area contributed by atoms with Gasteiger partial charge >= 0.3 is 0 Å². The molecule has 0 saturated heterocycles. The SMILES string of the molecule is Cc1ccc(C)c(C(=O)N(CCC(N)=NO)C(C)C)c1. The fourth-order valence-corrected chi connectivity index (χ4v) is 2.00. The molecule has 0 bridgehead atoms. The molecule has 1 amide bonds. The van der Waals surface area contributed by atoms with E-state index in [4.69, 9.17) is 10.9 Å². The zero-order valence-corrected chi connectivity index (χ0v) is 12.6. The van der Waals surface area contributed by atoms with Gasteiger partial charge in [-0.15, -0.1) is 0 Å². The van der Waals surface area contributed by atoms with Crippen LogP contribution >= 0.6 is 0 Å². The Kier molecular flexibility index (Phi) is 5.55. The van der Waals surface area contributed by atoms with E-state index in [2.05, 4.69) is 5.16 Å². The first-order valence-electron chi connectivity index (χ1n) is 6.71. The molecule has 0 fully saturated rings. The highest BCUT2D eigenvalue weighted by molar-refractivity contribution is 5.96. The summed E-state index contributed by atoms with van der Waals surface area (Å²) < 4.78 is 0. The van der Waals surface area contributed by atoms with Gasteiger partial charge in [-0.3, -0.25) is 4.79 Å². The fourth-order valence-electron chi connectivity index (χ4n) is 2.00. The van der Waals surface area contributed by atoms with Crippen LogP contribution in [-0.4, -0.2) is 34.4 Å². The Morgan fingerprint density at radius 2 is 2.05 bits per heavy atom. The molecule has 0 aliphatic heterocycles. The Balaban J connectivity index is 2.97. The molecule has 5 heteroatoms. The molecule has 0 saturated carbocycles. The summed E-state index contributed by atoms with van der Waals surface area (Å²) in [5, 5.41) is 11.5. The van der Waals surface area contributed by atoms with Crippen LogP contribution in [0.1, 0.15) is 41.8 Å². The molecular weight excluding hydrogens is 254 g/mol.